The van der Waals surface area contributed by atoms with Crippen molar-refractivity contribution in [2.45, 2.75) is 24.1 Å². The molecule has 4 rings (SSSR count). The van der Waals surface area contributed by atoms with Gasteiger partial charge in [0.1, 0.15) is 11.4 Å². The van der Waals surface area contributed by atoms with Crippen molar-refractivity contribution in [1.29, 1.82) is 0 Å². The van der Waals surface area contributed by atoms with E-state index in [0.717, 1.165) is 0 Å². The SMILES string of the molecule is NC1=N[C@@]2(CCOc3ccccc32)C(F)(F)C(NC(=O)c2ncccc2Cl)O1. The fourth-order valence-electron chi connectivity index (χ4n) is 3.40. The van der Waals surface area contributed by atoms with Crippen molar-refractivity contribution in [1.82, 2.24) is 10.3 Å². The molecule has 0 bridgehead atoms. The number of halogens is 3. The summed E-state index contributed by atoms with van der Waals surface area (Å²) in [7, 11) is 0. The van der Waals surface area contributed by atoms with E-state index in [9.17, 15) is 4.79 Å². The monoisotopic (exact) mass is 408 g/mol. The number of rotatable bonds is 2. The quantitative estimate of drug-likeness (QED) is 0.795. The van der Waals surface area contributed by atoms with Crippen LogP contribution in [0.3, 0.4) is 0 Å². The smallest absolute Gasteiger partial charge is 0.331 e. The Kier molecular flexibility index (Phi) is 4.34. The predicted octanol–water partition coefficient (Wildman–Crippen LogP) is 2.45. The molecule has 2 aliphatic rings. The predicted molar refractivity (Wildman–Crippen MR) is 96.4 cm³/mol. The topological polar surface area (TPSA) is 98.8 Å². The van der Waals surface area contributed by atoms with Gasteiger partial charge in [-0.25, -0.2) is 9.98 Å². The van der Waals surface area contributed by atoms with Crippen LogP contribution < -0.4 is 15.8 Å². The highest BCUT2D eigenvalue weighted by atomic mass is 35.5. The lowest BCUT2D eigenvalue weighted by atomic mass is 9.78. The minimum absolute atomic E-state index is 0.0100. The van der Waals surface area contributed by atoms with Gasteiger partial charge in [-0.05, 0) is 18.2 Å². The van der Waals surface area contributed by atoms with E-state index in [-0.39, 0.29) is 35.1 Å². The molecule has 146 valence electrons. The number of amides is 1. The summed E-state index contributed by atoms with van der Waals surface area (Å²) in [5.41, 5.74) is 3.65. The van der Waals surface area contributed by atoms with Crippen LogP contribution in [-0.2, 0) is 10.3 Å². The first-order chi connectivity index (χ1) is 13.3. The van der Waals surface area contributed by atoms with Gasteiger partial charge in [0, 0.05) is 18.2 Å². The zero-order valence-corrected chi connectivity index (χ0v) is 15.1. The number of hydrogen-bond donors (Lipinski definition) is 2. The van der Waals surface area contributed by atoms with Gasteiger partial charge in [-0.1, -0.05) is 29.8 Å². The van der Waals surface area contributed by atoms with Gasteiger partial charge in [0.25, 0.3) is 11.9 Å². The number of amidine groups is 1. The number of alkyl halides is 2. The van der Waals surface area contributed by atoms with Gasteiger partial charge in [0.15, 0.2) is 5.54 Å². The van der Waals surface area contributed by atoms with Gasteiger partial charge in [0.05, 0.1) is 11.6 Å². The van der Waals surface area contributed by atoms with E-state index in [1.807, 2.05) is 0 Å². The molecular weight excluding hydrogens is 394 g/mol. The lowest BCUT2D eigenvalue weighted by Crippen LogP contribution is -2.64. The number of carbonyl (C=O) groups excluding carboxylic acids is 1. The van der Waals surface area contributed by atoms with Crippen molar-refractivity contribution in [2.75, 3.05) is 6.61 Å². The van der Waals surface area contributed by atoms with Gasteiger partial charge in [-0.2, -0.15) is 8.78 Å². The fourth-order valence-corrected chi connectivity index (χ4v) is 3.61. The molecule has 0 radical (unpaired) electrons. The molecule has 1 unspecified atom stereocenters. The molecule has 0 fully saturated rings. The Morgan fingerprint density at radius 2 is 2.07 bits per heavy atom. The van der Waals surface area contributed by atoms with Crippen LogP contribution in [0.4, 0.5) is 8.78 Å². The number of aromatic nitrogens is 1. The van der Waals surface area contributed by atoms with Gasteiger partial charge in [-0.15, -0.1) is 0 Å². The lowest BCUT2D eigenvalue weighted by molar-refractivity contribution is -0.182. The Balaban J connectivity index is 1.74. The van der Waals surface area contributed by atoms with Gasteiger partial charge in [-0.3, -0.25) is 4.79 Å². The number of para-hydroxylation sites is 1. The summed E-state index contributed by atoms with van der Waals surface area (Å²) in [6.07, 6.45) is -0.883. The molecule has 3 heterocycles. The fraction of sp³-hybridized carbons (Fsp3) is 0.278. The molecule has 1 amide bonds. The number of hydrogen-bond acceptors (Lipinski definition) is 6. The molecule has 0 aliphatic carbocycles. The van der Waals surface area contributed by atoms with Crippen molar-refractivity contribution in [3.8, 4) is 5.75 Å². The standard InChI is InChI=1S/C18H15ClF2N4O3/c19-11-5-3-8-23-13(11)14(26)24-15-18(20,21)17(25-16(22)28-15)7-9-27-12-6-2-1-4-10(12)17/h1-6,8,15H,7,9H2,(H2,22,25)(H,24,26)/t15?,17-/m1/s1. The summed E-state index contributed by atoms with van der Waals surface area (Å²) in [6, 6.07) is 8.84. The zero-order chi connectivity index (χ0) is 19.9. The number of nitrogens with two attached hydrogens (primary N) is 1. The van der Waals surface area contributed by atoms with E-state index in [0.29, 0.717) is 0 Å². The van der Waals surface area contributed by atoms with E-state index in [1.54, 1.807) is 18.2 Å². The Morgan fingerprint density at radius 1 is 1.29 bits per heavy atom. The highest BCUT2D eigenvalue weighted by Crippen LogP contribution is 2.52. The third-order valence-electron chi connectivity index (χ3n) is 4.71. The van der Waals surface area contributed by atoms with Crippen LogP contribution in [0, 0.1) is 0 Å². The van der Waals surface area contributed by atoms with Crippen LogP contribution in [0.15, 0.2) is 47.6 Å². The largest absolute Gasteiger partial charge is 0.493 e. The molecule has 10 heteroatoms. The van der Waals surface area contributed by atoms with Crippen LogP contribution in [-0.4, -0.2) is 35.7 Å². The second-order valence-corrected chi connectivity index (χ2v) is 6.74. The average molecular weight is 409 g/mol. The first-order valence-electron chi connectivity index (χ1n) is 8.38. The summed E-state index contributed by atoms with van der Waals surface area (Å²) in [6.45, 7) is 0.0100. The second kappa shape index (κ2) is 6.59. The summed E-state index contributed by atoms with van der Waals surface area (Å²) in [5.74, 6) is -4.27. The molecule has 3 N–H and O–H groups in total. The number of fused-ring (bicyclic) bond motifs is 2. The number of aliphatic imine (C=N–C) groups is 1. The molecule has 2 aromatic rings. The van der Waals surface area contributed by atoms with Crippen molar-refractivity contribution in [2.24, 2.45) is 10.7 Å². The van der Waals surface area contributed by atoms with E-state index < -0.39 is 29.6 Å². The summed E-state index contributed by atoms with van der Waals surface area (Å²) in [5, 5.41) is 2.16. The van der Waals surface area contributed by atoms with E-state index in [2.05, 4.69) is 15.3 Å². The maximum Gasteiger partial charge on any atom is 0.331 e. The second-order valence-electron chi connectivity index (χ2n) is 6.33. The van der Waals surface area contributed by atoms with Crippen molar-refractivity contribution < 1.29 is 23.0 Å². The number of nitrogens with one attached hydrogen (secondary N) is 1. The van der Waals surface area contributed by atoms with Crippen molar-refractivity contribution in [3.05, 3.63) is 58.9 Å². The highest BCUT2D eigenvalue weighted by Gasteiger charge is 2.66. The van der Waals surface area contributed by atoms with Gasteiger partial charge < -0.3 is 20.5 Å². The molecule has 1 spiro atoms. The van der Waals surface area contributed by atoms with Crippen LogP contribution in [0.25, 0.3) is 0 Å². The highest BCUT2D eigenvalue weighted by molar-refractivity contribution is 6.33. The maximum atomic E-state index is 15.6. The molecule has 2 aliphatic heterocycles. The Morgan fingerprint density at radius 3 is 2.86 bits per heavy atom. The maximum absolute atomic E-state index is 15.6. The number of ether oxygens (including phenoxy) is 2. The molecular formula is C18H15ClF2N4O3. The third kappa shape index (κ3) is 2.73. The van der Waals surface area contributed by atoms with E-state index in [1.165, 1.54) is 24.4 Å². The van der Waals surface area contributed by atoms with Crippen LogP contribution in [0.1, 0.15) is 22.5 Å². The average Bonchev–Trinajstić information content (AvgIpc) is 2.67. The Hall–Kier alpha value is -2.94. The summed E-state index contributed by atoms with van der Waals surface area (Å²) in [4.78, 5) is 20.3. The van der Waals surface area contributed by atoms with Crippen molar-refractivity contribution in [3.63, 3.8) is 0 Å². The number of nitrogens with zero attached hydrogens (tertiary/aromatic N) is 2. The van der Waals surface area contributed by atoms with Crippen LogP contribution in [0.5, 0.6) is 5.75 Å². The number of carbonyl (C=O) groups is 1. The van der Waals surface area contributed by atoms with Crippen LogP contribution >= 0.6 is 11.6 Å². The minimum Gasteiger partial charge on any atom is -0.493 e. The molecule has 1 aromatic heterocycles. The number of pyridine rings is 1. The lowest BCUT2D eigenvalue weighted by Gasteiger charge is -2.46. The first-order valence-corrected chi connectivity index (χ1v) is 8.76. The van der Waals surface area contributed by atoms with Gasteiger partial charge >= 0.3 is 5.92 Å². The molecule has 1 aromatic carbocycles. The number of benzene rings is 1. The normalized spacial score (nSPS) is 25.1. The first kappa shape index (κ1) is 18.4. The minimum atomic E-state index is -3.63. The summed E-state index contributed by atoms with van der Waals surface area (Å²) < 4.78 is 41.7. The van der Waals surface area contributed by atoms with Gasteiger partial charge in [0.2, 0.25) is 6.23 Å². The Bertz CT molecular complexity index is 971. The molecule has 7 nitrogen and oxygen atoms in total. The van der Waals surface area contributed by atoms with Crippen molar-refractivity contribution >= 4 is 23.5 Å². The molecule has 0 saturated heterocycles. The summed E-state index contributed by atoms with van der Waals surface area (Å²) >= 11 is 5.93. The third-order valence-corrected chi connectivity index (χ3v) is 5.02. The van der Waals surface area contributed by atoms with E-state index >= 15 is 8.78 Å². The molecule has 0 saturated carbocycles. The molecule has 2 atom stereocenters. The van der Waals surface area contributed by atoms with E-state index in [4.69, 9.17) is 26.8 Å². The Labute approximate surface area is 163 Å². The molecule has 28 heavy (non-hydrogen) atoms. The van der Waals surface area contributed by atoms with Crippen LogP contribution in [0.2, 0.25) is 5.02 Å². The zero-order valence-electron chi connectivity index (χ0n) is 14.4.